The predicted molar refractivity (Wildman–Crippen MR) is 67.3 cm³/mol. The molecule has 0 spiro atoms. The molecule has 0 unspecified atom stereocenters. The summed E-state index contributed by atoms with van der Waals surface area (Å²) in [6.45, 7) is 1.65. The summed E-state index contributed by atoms with van der Waals surface area (Å²) in [5, 5.41) is 9.31. The molecule has 2 aromatic carbocycles. The lowest BCUT2D eigenvalue weighted by Gasteiger charge is -2.04. The van der Waals surface area contributed by atoms with Gasteiger partial charge in [-0.25, -0.2) is 4.39 Å². The fourth-order valence-corrected chi connectivity index (χ4v) is 1.72. The van der Waals surface area contributed by atoms with Gasteiger partial charge in [0.1, 0.15) is 11.6 Å². The van der Waals surface area contributed by atoms with Crippen LogP contribution in [-0.4, -0.2) is 10.9 Å². The minimum absolute atomic E-state index is 0.121. The zero-order valence-electron chi connectivity index (χ0n) is 9.98. The molecule has 2 aromatic rings. The van der Waals surface area contributed by atoms with E-state index in [9.17, 15) is 14.3 Å². The number of phenolic OH excluding ortho intramolecular Hbond substituents is 1. The Morgan fingerprint density at radius 2 is 2.00 bits per heavy atom. The topological polar surface area (TPSA) is 37.3 Å². The van der Waals surface area contributed by atoms with Crippen LogP contribution >= 0.6 is 0 Å². The maximum Gasteiger partial charge on any atom is 0.167 e. The van der Waals surface area contributed by atoms with E-state index in [-0.39, 0.29) is 23.8 Å². The number of Topliss-reactive ketones (excluding diaryl/α,β-unsaturated/α-hetero) is 1. The van der Waals surface area contributed by atoms with Crippen LogP contribution in [0.5, 0.6) is 5.75 Å². The molecule has 0 saturated carbocycles. The Labute approximate surface area is 105 Å². The molecule has 92 valence electrons. The quantitative estimate of drug-likeness (QED) is 0.841. The lowest BCUT2D eigenvalue weighted by molar-refractivity contribution is 0.0992. The van der Waals surface area contributed by atoms with E-state index in [2.05, 4.69) is 0 Å². The minimum Gasteiger partial charge on any atom is -0.508 e. The van der Waals surface area contributed by atoms with Crippen molar-refractivity contribution in [2.75, 3.05) is 0 Å². The zero-order chi connectivity index (χ0) is 13.1. The van der Waals surface area contributed by atoms with E-state index in [1.807, 2.05) is 0 Å². The summed E-state index contributed by atoms with van der Waals surface area (Å²) >= 11 is 0. The summed E-state index contributed by atoms with van der Waals surface area (Å²) in [6, 6.07) is 11.0. The van der Waals surface area contributed by atoms with Crippen LogP contribution in [0.15, 0.2) is 42.5 Å². The van der Waals surface area contributed by atoms with E-state index in [0.29, 0.717) is 16.7 Å². The standard InChI is InChI=1S/C15H13FO2/c1-10-5-6-12(9-14(10)16)15(18)8-11-3-2-4-13(17)7-11/h2-7,9,17H,8H2,1H3. The number of hydrogen-bond donors (Lipinski definition) is 1. The Hall–Kier alpha value is -2.16. The number of aromatic hydroxyl groups is 1. The Morgan fingerprint density at radius 1 is 1.22 bits per heavy atom. The second-order valence-corrected chi connectivity index (χ2v) is 4.23. The molecule has 0 fully saturated rings. The van der Waals surface area contributed by atoms with E-state index in [4.69, 9.17) is 0 Å². The number of hydrogen-bond acceptors (Lipinski definition) is 2. The maximum absolute atomic E-state index is 13.4. The normalized spacial score (nSPS) is 10.3. The highest BCUT2D eigenvalue weighted by Gasteiger charge is 2.09. The third-order valence-electron chi connectivity index (χ3n) is 2.77. The van der Waals surface area contributed by atoms with Gasteiger partial charge in [-0.15, -0.1) is 0 Å². The lowest BCUT2D eigenvalue weighted by Crippen LogP contribution is -2.04. The average Bonchev–Trinajstić information content (AvgIpc) is 2.32. The highest BCUT2D eigenvalue weighted by Crippen LogP contribution is 2.15. The molecular formula is C15H13FO2. The molecule has 0 aliphatic rings. The van der Waals surface area contributed by atoms with E-state index in [1.54, 1.807) is 37.3 Å². The smallest absolute Gasteiger partial charge is 0.167 e. The second-order valence-electron chi connectivity index (χ2n) is 4.23. The molecule has 0 radical (unpaired) electrons. The van der Waals surface area contributed by atoms with Gasteiger partial charge in [-0.1, -0.05) is 24.3 Å². The minimum atomic E-state index is -0.378. The third kappa shape index (κ3) is 2.74. The summed E-state index contributed by atoms with van der Waals surface area (Å²) < 4.78 is 13.4. The fourth-order valence-electron chi connectivity index (χ4n) is 1.72. The Bertz CT molecular complexity index is 591. The Balaban J connectivity index is 2.19. The predicted octanol–water partition coefficient (Wildman–Crippen LogP) is 3.27. The van der Waals surface area contributed by atoms with Gasteiger partial charge in [0.25, 0.3) is 0 Å². The highest BCUT2D eigenvalue weighted by atomic mass is 19.1. The third-order valence-corrected chi connectivity index (χ3v) is 2.77. The number of rotatable bonds is 3. The van der Waals surface area contributed by atoms with Gasteiger partial charge in [-0.05, 0) is 36.2 Å². The molecule has 2 rings (SSSR count). The summed E-state index contributed by atoms with van der Waals surface area (Å²) in [5.74, 6) is -0.424. The van der Waals surface area contributed by atoms with Gasteiger partial charge in [0.05, 0.1) is 0 Å². The lowest BCUT2D eigenvalue weighted by atomic mass is 10.0. The Kier molecular flexibility index (Phi) is 3.42. The van der Waals surface area contributed by atoms with Crippen molar-refractivity contribution < 1.29 is 14.3 Å². The van der Waals surface area contributed by atoms with Gasteiger partial charge >= 0.3 is 0 Å². The van der Waals surface area contributed by atoms with Gasteiger partial charge in [0.2, 0.25) is 0 Å². The van der Waals surface area contributed by atoms with E-state index in [1.165, 1.54) is 12.1 Å². The zero-order valence-corrected chi connectivity index (χ0v) is 9.98. The summed E-state index contributed by atoms with van der Waals surface area (Å²) in [5.41, 5.74) is 1.58. The molecule has 18 heavy (non-hydrogen) atoms. The van der Waals surface area contributed by atoms with Crippen molar-refractivity contribution in [1.29, 1.82) is 0 Å². The van der Waals surface area contributed by atoms with Crippen LogP contribution in [0.25, 0.3) is 0 Å². The van der Waals surface area contributed by atoms with Crippen LogP contribution in [0.4, 0.5) is 4.39 Å². The van der Waals surface area contributed by atoms with Gasteiger partial charge < -0.3 is 5.11 Å². The fraction of sp³-hybridized carbons (Fsp3) is 0.133. The van der Waals surface area contributed by atoms with Gasteiger partial charge in [0.15, 0.2) is 5.78 Å². The monoisotopic (exact) mass is 244 g/mol. The molecule has 0 amide bonds. The van der Waals surface area contributed by atoms with Crippen molar-refractivity contribution in [1.82, 2.24) is 0 Å². The molecule has 0 aliphatic heterocycles. The van der Waals surface area contributed by atoms with Crippen LogP contribution in [-0.2, 0) is 6.42 Å². The number of benzene rings is 2. The Morgan fingerprint density at radius 3 is 2.67 bits per heavy atom. The number of aryl methyl sites for hydroxylation is 1. The van der Waals surface area contributed by atoms with Crippen molar-refractivity contribution in [2.24, 2.45) is 0 Å². The van der Waals surface area contributed by atoms with Gasteiger partial charge in [0, 0.05) is 12.0 Å². The van der Waals surface area contributed by atoms with Crippen LogP contribution in [0.2, 0.25) is 0 Å². The largest absolute Gasteiger partial charge is 0.508 e. The van der Waals surface area contributed by atoms with Gasteiger partial charge in [-0.2, -0.15) is 0 Å². The maximum atomic E-state index is 13.4. The first kappa shape index (κ1) is 12.3. The average molecular weight is 244 g/mol. The summed E-state index contributed by atoms with van der Waals surface area (Å²) in [7, 11) is 0. The van der Waals surface area contributed by atoms with Crippen molar-refractivity contribution in [3.63, 3.8) is 0 Å². The number of phenols is 1. The van der Waals surface area contributed by atoms with Crippen molar-refractivity contribution in [3.8, 4) is 5.75 Å². The molecule has 0 heterocycles. The van der Waals surface area contributed by atoms with Crippen LogP contribution < -0.4 is 0 Å². The number of halogens is 1. The first-order valence-corrected chi connectivity index (χ1v) is 5.63. The highest BCUT2D eigenvalue weighted by molar-refractivity contribution is 5.97. The number of ketones is 1. The molecule has 0 saturated heterocycles. The molecule has 1 N–H and O–H groups in total. The van der Waals surface area contributed by atoms with E-state index in [0.717, 1.165) is 0 Å². The molecule has 0 atom stereocenters. The molecule has 0 bridgehead atoms. The number of carbonyl (C=O) groups is 1. The molecule has 0 aromatic heterocycles. The number of carbonyl (C=O) groups excluding carboxylic acids is 1. The summed E-state index contributed by atoms with van der Waals surface area (Å²) in [4.78, 5) is 11.9. The molecule has 0 aliphatic carbocycles. The molecule has 3 heteroatoms. The van der Waals surface area contributed by atoms with Crippen LogP contribution in [0, 0.1) is 12.7 Å². The first-order chi connectivity index (χ1) is 8.56. The SMILES string of the molecule is Cc1ccc(C(=O)Cc2cccc(O)c2)cc1F. The summed E-state index contributed by atoms with van der Waals surface area (Å²) in [6.07, 6.45) is 0.150. The second kappa shape index (κ2) is 5.00. The van der Waals surface area contributed by atoms with Crippen molar-refractivity contribution in [3.05, 3.63) is 65.0 Å². The van der Waals surface area contributed by atoms with E-state index >= 15 is 0 Å². The van der Waals surface area contributed by atoms with Crippen molar-refractivity contribution in [2.45, 2.75) is 13.3 Å². The molecule has 2 nitrogen and oxygen atoms in total. The van der Waals surface area contributed by atoms with Crippen LogP contribution in [0.3, 0.4) is 0 Å². The molecular weight excluding hydrogens is 231 g/mol. The first-order valence-electron chi connectivity index (χ1n) is 5.63. The van der Waals surface area contributed by atoms with Gasteiger partial charge in [-0.3, -0.25) is 4.79 Å². The van der Waals surface area contributed by atoms with Crippen molar-refractivity contribution >= 4 is 5.78 Å². The van der Waals surface area contributed by atoms with Crippen LogP contribution in [0.1, 0.15) is 21.5 Å². The van der Waals surface area contributed by atoms with E-state index < -0.39 is 0 Å².